The number of rotatable bonds is 16. The molecule has 0 aromatic heterocycles. The Balaban J connectivity index is 1.85. The van der Waals surface area contributed by atoms with Gasteiger partial charge in [-0.05, 0) is 69.7 Å². The third-order valence-corrected chi connectivity index (χ3v) is 7.36. The van der Waals surface area contributed by atoms with Crippen LogP contribution in [0.1, 0.15) is 31.7 Å². The Morgan fingerprint density at radius 2 is 1.33 bits per heavy atom. The fourth-order valence-corrected chi connectivity index (χ4v) is 4.75. The van der Waals surface area contributed by atoms with Gasteiger partial charge in [0.2, 0.25) is 5.91 Å². The molecule has 2 rings (SSSR count). The van der Waals surface area contributed by atoms with Crippen molar-refractivity contribution < 1.29 is 24.6 Å². The molecule has 1 saturated heterocycles. The number of carboxylic acids is 1. The number of carbonyl (C=O) groups is 3. The summed E-state index contributed by atoms with van der Waals surface area (Å²) in [6.07, 6.45) is 2.22. The van der Waals surface area contributed by atoms with E-state index in [1.165, 1.54) is 4.90 Å². The molecule has 238 valence electrons. The van der Waals surface area contributed by atoms with E-state index in [1.54, 1.807) is 0 Å². The molecule has 1 aliphatic rings. The summed E-state index contributed by atoms with van der Waals surface area (Å²) in [5.41, 5.74) is 7.32. The second-order valence-electron chi connectivity index (χ2n) is 10.7. The summed E-state index contributed by atoms with van der Waals surface area (Å²) in [5, 5.41) is 28.8. The molecule has 0 radical (unpaired) electrons. The van der Waals surface area contributed by atoms with Crippen LogP contribution in [-0.2, 0) is 16.1 Å². The van der Waals surface area contributed by atoms with Crippen LogP contribution in [0.15, 0.2) is 24.3 Å². The normalized spacial score (nSPS) is 16.5. The fraction of sp³-hybridized carbons (Fsp3) is 0.690. The van der Waals surface area contributed by atoms with Crippen molar-refractivity contribution in [2.24, 2.45) is 5.73 Å². The lowest BCUT2D eigenvalue weighted by atomic mass is 10.2. The third-order valence-electron chi connectivity index (χ3n) is 7.36. The zero-order chi connectivity index (χ0) is 30.6. The van der Waals surface area contributed by atoms with E-state index in [4.69, 9.17) is 5.73 Å². The molecule has 7 N–H and O–H groups in total. The van der Waals surface area contributed by atoms with Gasteiger partial charge in [0.1, 0.15) is 0 Å². The Morgan fingerprint density at radius 1 is 0.762 bits per heavy atom. The summed E-state index contributed by atoms with van der Waals surface area (Å²) in [4.78, 5) is 43.5. The number of likely N-dealkylation sites (N-methyl/N-ethyl adjacent to an activating group) is 1. The maximum Gasteiger partial charge on any atom is 0.407 e. The number of anilines is 1. The molecule has 2 amide bonds. The first-order valence-electron chi connectivity index (χ1n) is 15.2. The Labute approximate surface area is 250 Å². The van der Waals surface area contributed by atoms with Crippen molar-refractivity contribution in [3.8, 4) is 0 Å². The highest BCUT2D eigenvalue weighted by molar-refractivity contribution is 5.92. The van der Waals surface area contributed by atoms with Crippen molar-refractivity contribution >= 4 is 23.7 Å². The third kappa shape index (κ3) is 15.4. The number of benzene rings is 1. The van der Waals surface area contributed by atoms with Gasteiger partial charge in [0, 0.05) is 64.6 Å². The number of nitrogens with one attached hydrogen (secondary N) is 3. The van der Waals surface area contributed by atoms with E-state index in [0.717, 1.165) is 64.1 Å². The topological polar surface area (TPSA) is 167 Å². The van der Waals surface area contributed by atoms with Crippen molar-refractivity contribution in [1.82, 2.24) is 30.2 Å². The van der Waals surface area contributed by atoms with E-state index in [0.29, 0.717) is 51.5 Å². The molecule has 1 heterocycles. The Morgan fingerprint density at radius 3 is 1.95 bits per heavy atom. The van der Waals surface area contributed by atoms with Gasteiger partial charge in [0.05, 0.1) is 13.1 Å². The number of carbonyl (C=O) groups excluding carboxylic acids is 1. The molecular formula is C29H52N8O5. The second kappa shape index (κ2) is 21.0. The van der Waals surface area contributed by atoms with Gasteiger partial charge in [-0.1, -0.05) is 19.1 Å². The quantitative estimate of drug-likeness (QED) is 0.147. The van der Waals surface area contributed by atoms with Crippen molar-refractivity contribution in [3.05, 3.63) is 29.8 Å². The van der Waals surface area contributed by atoms with Gasteiger partial charge in [-0.15, -0.1) is 0 Å². The van der Waals surface area contributed by atoms with Crippen molar-refractivity contribution in [2.75, 3.05) is 103 Å². The smallest absolute Gasteiger partial charge is 0.407 e. The summed E-state index contributed by atoms with van der Waals surface area (Å²) in [6.45, 7) is 10.9. The average molecular weight is 593 g/mol. The molecule has 0 saturated carbocycles. The zero-order valence-corrected chi connectivity index (χ0v) is 25.2. The monoisotopic (exact) mass is 592 g/mol. The van der Waals surface area contributed by atoms with Crippen LogP contribution in [0.5, 0.6) is 0 Å². The number of nitrogens with two attached hydrogens (primary N) is 1. The summed E-state index contributed by atoms with van der Waals surface area (Å²) >= 11 is 0. The molecule has 0 atom stereocenters. The van der Waals surface area contributed by atoms with E-state index in [2.05, 4.69) is 20.9 Å². The molecule has 1 aromatic rings. The number of nitrogens with zero attached hydrogens (tertiary/aromatic N) is 4. The first-order valence-corrected chi connectivity index (χ1v) is 15.2. The predicted octanol–water partition coefficient (Wildman–Crippen LogP) is 0.437. The standard InChI is InChI=1S/C29H52N8O5/c1-2-34-14-15-36(24-28(39)40)17-16-35(19-21-37(20-18-34)29(41)42)23-27(38)33-26-8-6-25(7-9-26)22-32-13-5-12-31-11-4-3-10-30/h6-9,31-32H,2-5,10-24,30H2,1H3,(H,33,38)(H,39,40)(H,41,42). The summed E-state index contributed by atoms with van der Waals surface area (Å²) in [6, 6.07) is 7.73. The van der Waals surface area contributed by atoms with Gasteiger partial charge in [-0.25, -0.2) is 4.79 Å². The van der Waals surface area contributed by atoms with Crippen LogP contribution < -0.4 is 21.7 Å². The predicted molar refractivity (Wildman–Crippen MR) is 165 cm³/mol. The molecule has 0 bridgehead atoms. The number of carboxylic acid groups (broad SMARTS) is 2. The molecule has 13 heteroatoms. The van der Waals surface area contributed by atoms with Gasteiger partial charge in [0.25, 0.3) is 0 Å². The first-order chi connectivity index (χ1) is 20.3. The minimum atomic E-state index is -0.982. The van der Waals surface area contributed by atoms with Gasteiger partial charge in [0.15, 0.2) is 0 Å². The lowest BCUT2D eigenvalue weighted by molar-refractivity contribution is -0.138. The molecule has 1 aromatic carbocycles. The minimum absolute atomic E-state index is 0.0772. The van der Waals surface area contributed by atoms with E-state index in [1.807, 2.05) is 41.0 Å². The highest BCUT2D eigenvalue weighted by Gasteiger charge is 2.20. The Bertz CT molecular complexity index is 920. The van der Waals surface area contributed by atoms with Gasteiger partial charge in [-0.2, -0.15) is 0 Å². The molecular weight excluding hydrogens is 540 g/mol. The van der Waals surface area contributed by atoms with Crippen LogP contribution in [0.25, 0.3) is 0 Å². The lowest BCUT2D eigenvalue weighted by Gasteiger charge is -2.32. The SMILES string of the molecule is CCN1CCN(CC(=O)O)CCN(CC(=O)Nc2ccc(CNCCCNCCCCN)cc2)CCN(C(=O)O)CC1. The summed E-state index contributed by atoms with van der Waals surface area (Å²) in [7, 11) is 0. The van der Waals surface area contributed by atoms with Crippen LogP contribution in [0.2, 0.25) is 0 Å². The first kappa shape index (κ1) is 35.4. The number of hydrogen-bond acceptors (Lipinski definition) is 9. The van der Waals surface area contributed by atoms with E-state index < -0.39 is 12.1 Å². The highest BCUT2D eigenvalue weighted by atomic mass is 16.4. The van der Waals surface area contributed by atoms with Gasteiger partial charge < -0.3 is 41.7 Å². The number of amides is 2. The lowest BCUT2D eigenvalue weighted by Crippen LogP contribution is -2.49. The maximum absolute atomic E-state index is 12.9. The van der Waals surface area contributed by atoms with E-state index in [-0.39, 0.29) is 25.5 Å². The van der Waals surface area contributed by atoms with Crippen molar-refractivity contribution in [2.45, 2.75) is 32.7 Å². The minimum Gasteiger partial charge on any atom is -0.480 e. The van der Waals surface area contributed by atoms with E-state index in [9.17, 15) is 24.6 Å². The maximum atomic E-state index is 12.9. The number of unbranched alkanes of at least 4 members (excludes halogenated alkanes) is 1. The highest BCUT2D eigenvalue weighted by Crippen LogP contribution is 2.10. The molecule has 0 aliphatic carbocycles. The zero-order valence-electron chi connectivity index (χ0n) is 25.2. The average Bonchev–Trinajstić information content (AvgIpc) is 2.95. The molecule has 0 spiro atoms. The van der Waals surface area contributed by atoms with Crippen LogP contribution in [0.3, 0.4) is 0 Å². The Hall–Kier alpha value is -2.81. The Kier molecular flexibility index (Phi) is 17.7. The molecule has 1 fully saturated rings. The van der Waals surface area contributed by atoms with E-state index >= 15 is 0 Å². The van der Waals surface area contributed by atoms with Crippen LogP contribution >= 0.6 is 0 Å². The largest absolute Gasteiger partial charge is 0.480 e. The molecule has 13 nitrogen and oxygen atoms in total. The molecule has 0 unspecified atom stereocenters. The fourth-order valence-electron chi connectivity index (χ4n) is 4.75. The number of hydrogen-bond donors (Lipinski definition) is 6. The van der Waals surface area contributed by atoms with Crippen molar-refractivity contribution in [3.63, 3.8) is 0 Å². The summed E-state index contributed by atoms with van der Waals surface area (Å²) < 4.78 is 0. The number of aliphatic carboxylic acids is 1. The molecule has 42 heavy (non-hydrogen) atoms. The van der Waals surface area contributed by atoms with Crippen LogP contribution in [0.4, 0.5) is 10.5 Å². The summed E-state index contributed by atoms with van der Waals surface area (Å²) in [5.74, 6) is -1.09. The second-order valence-corrected chi connectivity index (χ2v) is 10.7. The van der Waals surface area contributed by atoms with Gasteiger partial charge >= 0.3 is 12.1 Å². The van der Waals surface area contributed by atoms with Crippen LogP contribution in [0, 0.1) is 0 Å². The van der Waals surface area contributed by atoms with Gasteiger partial charge in [-0.3, -0.25) is 19.4 Å². The molecule has 1 aliphatic heterocycles. The van der Waals surface area contributed by atoms with Crippen molar-refractivity contribution in [1.29, 1.82) is 0 Å². The van der Waals surface area contributed by atoms with Crippen LogP contribution in [-0.4, -0.2) is 146 Å².